The summed E-state index contributed by atoms with van der Waals surface area (Å²) in [5.41, 5.74) is 0. The zero-order valence-corrected chi connectivity index (χ0v) is 15.1. The first kappa shape index (κ1) is 18.6. The Labute approximate surface area is 149 Å². The van der Waals surface area contributed by atoms with Crippen molar-refractivity contribution in [2.24, 2.45) is 4.99 Å². The van der Waals surface area contributed by atoms with Gasteiger partial charge >= 0.3 is 0 Å². The third-order valence-electron chi connectivity index (χ3n) is 3.59. The van der Waals surface area contributed by atoms with E-state index in [1.807, 2.05) is 48.1 Å². The lowest BCUT2D eigenvalue weighted by Gasteiger charge is -2.19. The normalized spacial score (nSPS) is 12.5. The van der Waals surface area contributed by atoms with Gasteiger partial charge in [0.25, 0.3) is 0 Å². The Balaban J connectivity index is 1.68. The molecule has 0 saturated carbocycles. The average molecular weight is 345 g/mol. The largest absolute Gasteiger partial charge is 0.493 e. The van der Waals surface area contributed by atoms with Gasteiger partial charge < -0.3 is 20.1 Å². The van der Waals surface area contributed by atoms with Crippen LogP contribution < -0.4 is 20.1 Å². The van der Waals surface area contributed by atoms with Gasteiger partial charge in [-0.1, -0.05) is 12.1 Å². The molecule has 0 saturated heterocycles. The van der Waals surface area contributed by atoms with Crippen molar-refractivity contribution in [2.45, 2.75) is 26.0 Å². The van der Waals surface area contributed by atoms with E-state index in [0.29, 0.717) is 6.54 Å². The summed E-state index contributed by atoms with van der Waals surface area (Å²) in [5, 5.41) is 10.7. The first-order valence-corrected chi connectivity index (χ1v) is 8.44. The molecule has 0 radical (unpaired) electrons. The van der Waals surface area contributed by atoms with Crippen molar-refractivity contribution < 1.29 is 9.47 Å². The molecule has 2 rings (SSSR count). The molecule has 2 N–H and O–H groups in total. The topological polar surface area (TPSA) is 72.7 Å². The highest BCUT2D eigenvalue weighted by Crippen LogP contribution is 2.26. The predicted molar refractivity (Wildman–Crippen MR) is 99.3 cm³/mol. The maximum absolute atomic E-state index is 5.92. The fourth-order valence-corrected chi connectivity index (χ4v) is 2.32. The van der Waals surface area contributed by atoms with E-state index >= 15 is 0 Å². The molecule has 0 aliphatic rings. The zero-order chi connectivity index (χ0) is 17.9. The number of methoxy groups -OCH3 is 1. The van der Waals surface area contributed by atoms with Crippen LogP contribution in [0, 0.1) is 0 Å². The Hall–Kier alpha value is -2.70. The third kappa shape index (κ3) is 6.37. The summed E-state index contributed by atoms with van der Waals surface area (Å²) in [4.78, 5) is 4.23. The van der Waals surface area contributed by atoms with Gasteiger partial charge in [0.15, 0.2) is 17.5 Å². The fourth-order valence-electron chi connectivity index (χ4n) is 2.32. The highest BCUT2D eigenvalue weighted by Gasteiger charge is 2.09. The number of hydrogen-bond acceptors (Lipinski definition) is 4. The van der Waals surface area contributed by atoms with Crippen molar-refractivity contribution in [3.8, 4) is 11.5 Å². The monoisotopic (exact) mass is 345 g/mol. The van der Waals surface area contributed by atoms with Gasteiger partial charge in [0.2, 0.25) is 0 Å². The minimum absolute atomic E-state index is 0.0288. The number of aromatic nitrogens is 2. The summed E-state index contributed by atoms with van der Waals surface area (Å²) in [7, 11) is 3.40. The lowest BCUT2D eigenvalue weighted by atomic mass is 10.3. The molecule has 7 nitrogen and oxygen atoms in total. The van der Waals surface area contributed by atoms with E-state index in [9.17, 15) is 0 Å². The molecule has 0 spiro atoms. The van der Waals surface area contributed by atoms with Crippen LogP contribution in [0.15, 0.2) is 47.7 Å². The van der Waals surface area contributed by atoms with Gasteiger partial charge in [-0.25, -0.2) is 0 Å². The Bertz CT molecular complexity index is 643. The molecule has 0 aliphatic carbocycles. The standard InChI is InChI=1S/C18H27N5O2/c1-15(25-17-9-5-4-8-16(17)24-3)14-21-18(19-2)20-10-6-12-23-13-7-11-22-23/h4-5,7-9,11,13,15H,6,10,12,14H2,1-3H3,(H2,19,20,21). The van der Waals surface area contributed by atoms with Crippen molar-refractivity contribution in [1.82, 2.24) is 20.4 Å². The summed E-state index contributed by atoms with van der Waals surface area (Å²) in [6, 6.07) is 9.56. The summed E-state index contributed by atoms with van der Waals surface area (Å²) in [6.07, 6.45) is 4.69. The van der Waals surface area contributed by atoms with Crippen LogP contribution in [0.4, 0.5) is 0 Å². The Morgan fingerprint density at radius 1 is 1.24 bits per heavy atom. The molecular formula is C18H27N5O2. The van der Waals surface area contributed by atoms with Crippen molar-refractivity contribution in [3.05, 3.63) is 42.7 Å². The number of nitrogens with zero attached hydrogens (tertiary/aromatic N) is 3. The number of aliphatic imine (C=N–C) groups is 1. The van der Waals surface area contributed by atoms with Crippen LogP contribution in [0.1, 0.15) is 13.3 Å². The molecule has 1 aromatic heterocycles. The van der Waals surface area contributed by atoms with E-state index in [1.165, 1.54) is 0 Å². The molecule has 1 heterocycles. The summed E-state index contributed by atoms with van der Waals surface area (Å²) in [5.74, 6) is 2.23. The SMILES string of the molecule is CN=C(NCCCn1cccn1)NCC(C)Oc1ccccc1OC. The fraction of sp³-hybridized carbons (Fsp3) is 0.444. The summed E-state index contributed by atoms with van der Waals surface area (Å²) < 4.78 is 13.1. The molecule has 25 heavy (non-hydrogen) atoms. The van der Waals surface area contributed by atoms with E-state index in [0.717, 1.165) is 37.0 Å². The number of ether oxygens (including phenoxy) is 2. The van der Waals surface area contributed by atoms with Crippen LogP contribution in [0.3, 0.4) is 0 Å². The Kier molecular flexibility index (Phi) is 7.62. The second-order valence-corrected chi connectivity index (χ2v) is 5.58. The molecule has 2 aromatic rings. The first-order valence-electron chi connectivity index (χ1n) is 8.44. The molecule has 1 aromatic carbocycles. The van der Waals surface area contributed by atoms with Gasteiger partial charge in [0.05, 0.1) is 13.7 Å². The van der Waals surface area contributed by atoms with Crippen LogP contribution >= 0.6 is 0 Å². The zero-order valence-electron chi connectivity index (χ0n) is 15.1. The second-order valence-electron chi connectivity index (χ2n) is 5.58. The third-order valence-corrected chi connectivity index (χ3v) is 3.59. The highest BCUT2D eigenvalue weighted by molar-refractivity contribution is 5.79. The number of aryl methyl sites for hydroxylation is 1. The van der Waals surface area contributed by atoms with Crippen molar-refractivity contribution in [3.63, 3.8) is 0 Å². The molecule has 7 heteroatoms. The molecule has 0 amide bonds. The lowest BCUT2D eigenvalue weighted by molar-refractivity contribution is 0.213. The molecule has 0 fully saturated rings. The lowest BCUT2D eigenvalue weighted by Crippen LogP contribution is -2.42. The quantitative estimate of drug-likeness (QED) is 0.413. The van der Waals surface area contributed by atoms with E-state index in [1.54, 1.807) is 20.4 Å². The maximum Gasteiger partial charge on any atom is 0.191 e. The number of rotatable bonds is 9. The maximum atomic E-state index is 5.92. The van der Waals surface area contributed by atoms with E-state index in [2.05, 4.69) is 20.7 Å². The number of guanidine groups is 1. The van der Waals surface area contributed by atoms with Crippen molar-refractivity contribution in [2.75, 3.05) is 27.2 Å². The van der Waals surface area contributed by atoms with Gasteiger partial charge in [-0.05, 0) is 31.5 Å². The molecule has 0 bridgehead atoms. The average Bonchev–Trinajstić information content (AvgIpc) is 3.15. The molecule has 1 unspecified atom stereocenters. The van der Waals surface area contributed by atoms with Crippen LogP contribution in [-0.2, 0) is 6.54 Å². The predicted octanol–water partition coefficient (Wildman–Crippen LogP) is 1.91. The Morgan fingerprint density at radius 3 is 2.72 bits per heavy atom. The molecule has 0 aliphatic heterocycles. The van der Waals surface area contributed by atoms with Crippen LogP contribution in [0.2, 0.25) is 0 Å². The van der Waals surface area contributed by atoms with Gasteiger partial charge in [-0.15, -0.1) is 0 Å². The van der Waals surface area contributed by atoms with Crippen LogP contribution in [-0.4, -0.2) is 49.1 Å². The summed E-state index contributed by atoms with van der Waals surface area (Å²) in [6.45, 7) is 4.34. The van der Waals surface area contributed by atoms with Gasteiger partial charge in [0, 0.05) is 32.5 Å². The minimum atomic E-state index is -0.0288. The summed E-state index contributed by atoms with van der Waals surface area (Å²) >= 11 is 0. The van der Waals surface area contributed by atoms with Crippen molar-refractivity contribution in [1.29, 1.82) is 0 Å². The highest BCUT2D eigenvalue weighted by atomic mass is 16.5. The van der Waals surface area contributed by atoms with Gasteiger partial charge in [0.1, 0.15) is 6.10 Å². The Morgan fingerprint density at radius 2 is 2.04 bits per heavy atom. The van der Waals surface area contributed by atoms with Gasteiger partial charge in [-0.2, -0.15) is 5.10 Å². The van der Waals surface area contributed by atoms with Crippen molar-refractivity contribution >= 4 is 5.96 Å². The van der Waals surface area contributed by atoms with Crippen LogP contribution in [0.25, 0.3) is 0 Å². The molecule has 1 atom stereocenters. The second kappa shape index (κ2) is 10.2. The van der Waals surface area contributed by atoms with E-state index < -0.39 is 0 Å². The smallest absolute Gasteiger partial charge is 0.191 e. The van der Waals surface area contributed by atoms with E-state index in [-0.39, 0.29) is 6.10 Å². The number of para-hydroxylation sites is 2. The van der Waals surface area contributed by atoms with E-state index in [4.69, 9.17) is 9.47 Å². The number of nitrogens with one attached hydrogen (secondary N) is 2. The van der Waals surface area contributed by atoms with Crippen LogP contribution in [0.5, 0.6) is 11.5 Å². The number of benzene rings is 1. The minimum Gasteiger partial charge on any atom is -0.493 e. The molecular weight excluding hydrogens is 318 g/mol. The first-order chi connectivity index (χ1) is 12.2. The number of hydrogen-bond donors (Lipinski definition) is 2. The van der Waals surface area contributed by atoms with Gasteiger partial charge in [-0.3, -0.25) is 9.67 Å². The molecule has 136 valence electrons.